The molecular weight excluding hydrogens is 244 g/mol. The van der Waals surface area contributed by atoms with Crippen molar-refractivity contribution in [1.82, 2.24) is 19.9 Å². The zero-order valence-corrected chi connectivity index (χ0v) is 11.8. The maximum Gasteiger partial charge on any atom is 0.195 e. The van der Waals surface area contributed by atoms with Crippen molar-refractivity contribution >= 4 is 17.4 Å². The van der Waals surface area contributed by atoms with E-state index < -0.39 is 0 Å². The Morgan fingerprint density at radius 2 is 2.22 bits per heavy atom. The predicted octanol–water partition coefficient (Wildman–Crippen LogP) is 2.60. The average Bonchev–Trinajstić information content (AvgIpc) is 2.81. The number of aromatic nitrogens is 3. The summed E-state index contributed by atoms with van der Waals surface area (Å²) in [5.74, 6) is 1.10. The van der Waals surface area contributed by atoms with Crippen molar-refractivity contribution in [2.75, 3.05) is 12.8 Å². The van der Waals surface area contributed by atoms with Crippen LogP contribution < -0.4 is 5.32 Å². The molecule has 1 atom stereocenters. The van der Waals surface area contributed by atoms with E-state index in [0.29, 0.717) is 6.04 Å². The van der Waals surface area contributed by atoms with E-state index in [2.05, 4.69) is 22.4 Å². The van der Waals surface area contributed by atoms with E-state index in [1.807, 2.05) is 35.8 Å². The first-order chi connectivity index (χ1) is 8.81. The topological polar surface area (TPSA) is 42.2 Å². The van der Waals surface area contributed by atoms with Crippen LogP contribution in [0.5, 0.6) is 0 Å². The van der Waals surface area contributed by atoms with Crippen LogP contribution in [0.4, 0.5) is 0 Å². The lowest BCUT2D eigenvalue weighted by Gasteiger charge is -2.08. The lowest BCUT2D eigenvalue weighted by atomic mass is 10.1. The highest BCUT2D eigenvalue weighted by atomic mass is 32.2. The minimum Gasteiger partial charge on any atom is -0.317 e. The molecule has 2 aromatic heterocycles. The Labute approximate surface area is 112 Å². The first kappa shape index (κ1) is 13.4. The van der Waals surface area contributed by atoms with Crippen LogP contribution in [0.15, 0.2) is 29.6 Å². The molecule has 4 nitrogen and oxygen atoms in total. The third-order valence-electron chi connectivity index (χ3n) is 3.04. The second-order valence-electron chi connectivity index (χ2n) is 4.45. The largest absolute Gasteiger partial charge is 0.317 e. The number of nitrogens with zero attached hydrogens (tertiary/aromatic N) is 3. The highest BCUT2D eigenvalue weighted by Gasteiger charge is 2.04. The van der Waals surface area contributed by atoms with Gasteiger partial charge in [-0.25, -0.2) is 0 Å². The molecule has 5 heteroatoms. The maximum atomic E-state index is 4.21. The Morgan fingerprint density at radius 3 is 3.06 bits per heavy atom. The molecule has 2 heterocycles. The summed E-state index contributed by atoms with van der Waals surface area (Å²) >= 11 is 1.78. The first-order valence-electron chi connectivity index (χ1n) is 6.41. The van der Waals surface area contributed by atoms with Crippen LogP contribution in [-0.2, 0) is 0 Å². The summed E-state index contributed by atoms with van der Waals surface area (Å²) in [7, 11) is 2.02. The molecule has 0 aliphatic carbocycles. The highest BCUT2D eigenvalue weighted by Crippen LogP contribution is 2.18. The third-order valence-corrected chi connectivity index (χ3v) is 4.07. The zero-order valence-electron chi connectivity index (χ0n) is 11.0. The molecule has 0 bridgehead atoms. The van der Waals surface area contributed by atoms with E-state index in [0.717, 1.165) is 16.6 Å². The number of pyridine rings is 1. The van der Waals surface area contributed by atoms with Crippen LogP contribution in [0, 0.1) is 0 Å². The van der Waals surface area contributed by atoms with Crippen LogP contribution in [0.3, 0.4) is 0 Å². The molecule has 0 radical (unpaired) electrons. The lowest BCUT2D eigenvalue weighted by Crippen LogP contribution is -2.20. The molecular formula is C13H20N4S. The quantitative estimate of drug-likeness (QED) is 0.616. The summed E-state index contributed by atoms with van der Waals surface area (Å²) in [6.07, 6.45) is 5.72. The highest BCUT2D eigenvalue weighted by molar-refractivity contribution is 7.99. The van der Waals surface area contributed by atoms with E-state index >= 15 is 0 Å². The second kappa shape index (κ2) is 6.75. The summed E-state index contributed by atoms with van der Waals surface area (Å²) in [4.78, 5) is 0. The Bertz CT molecular complexity index is 483. The van der Waals surface area contributed by atoms with Crippen molar-refractivity contribution in [2.45, 2.75) is 37.4 Å². The Hall–Kier alpha value is -1.07. The molecule has 98 valence electrons. The number of hydrogen-bond acceptors (Lipinski definition) is 4. The second-order valence-corrected chi connectivity index (χ2v) is 5.51. The maximum absolute atomic E-state index is 4.21. The van der Waals surface area contributed by atoms with Gasteiger partial charge in [0.2, 0.25) is 0 Å². The molecule has 0 aliphatic heterocycles. The standard InChI is InChI=1S/C13H20N4S/c1-11(14-2)7-4-6-10-18-13-16-15-12-8-3-5-9-17(12)13/h3,5,8-9,11,14H,4,6-7,10H2,1-2H3. The normalized spacial score (nSPS) is 13.0. The molecule has 0 saturated carbocycles. The van der Waals surface area contributed by atoms with E-state index in [9.17, 15) is 0 Å². The number of unbranched alkanes of at least 4 members (excludes halogenated alkanes) is 1. The van der Waals surface area contributed by atoms with Crippen molar-refractivity contribution in [3.05, 3.63) is 24.4 Å². The van der Waals surface area contributed by atoms with Crippen molar-refractivity contribution in [3.63, 3.8) is 0 Å². The van der Waals surface area contributed by atoms with E-state index in [1.165, 1.54) is 19.3 Å². The van der Waals surface area contributed by atoms with Gasteiger partial charge in [-0.1, -0.05) is 24.2 Å². The van der Waals surface area contributed by atoms with Gasteiger partial charge < -0.3 is 5.32 Å². The number of nitrogens with one attached hydrogen (secondary N) is 1. The molecule has 0 aromatic carbocycles. The Morgan fingerprint density at radius 1 is 1.33 bits per heavy atom. The number of hydrogen-bond donors (Lipinski definition) is 1. The van der Waals surface area contributed by atoms with Crippen LogP contribution >= 0.6 is 11.8 Å². The van der Waals surface area contributed by atoms with Crippen molar-refractivity contribution < 1.29 is 0 Å². The molecule has 0 saturated heterocycles. The van der Waals surface area contributed by atoms with Crippen LogP contribution in [0.2, 0.25) is 0 Å². The SMILES string of the molecule is CNC(C)CCCCSc1nnc2ccccn12. The summed E-state index contributed by atoms with van der Waals surface area (Å²) in [5.41, 5.74) is 0.920. The smallest absolute Gasteiger partial charge is 0.195 e. The molecule has 2 aromatic rings. The fourth-order valence-electron chi connectivity index (χ4n) is 1.78. The minimum atomic E-state index is 0.615. The van der Waals surface area contributed by atoms with Crippen LogP contribution in [-0.4, -0.2) is 33.4 Å². The fourth-order valence-corrected chi connectivity index (χ4v) is 2.70. The van der Waals surface area contributed by atoms with Crippen molar-refractivity contribution in [3.8, 4) is 0 Å². The lowest BCUT2D eigenvalue weighted by molar-refractivity contribution is 0.538. The summed E-state index contributed by atoms with van der Waals surface area (Å²) in [6, 6.07) is 6.59. The summed E-state index contributed by atoms with van der Waals surface area (Å²) in [5, 5.41) is 12.6. The number of fused-ring (bicyclic) bond motifs is 1. The van der Waals surface area contributed by atoms with Gasteiger partial charge in [-0.2, -0.15) is 0 Å². The number of thioether (sulfide) groups is 1. The summed E-state index contributed by atoms with van der Waals surface area (Å²) in [6.45, 7) is 2.22. The molecule has 2 rings (SSSR count). The van der Waals surface area contributed by atoms with Gasteiger partial charge in [0, 0.05) is 18.0 Å². The molecule has 0 spiro atoms. The molecule has 1 N–H and O–H groups in total. The van der Waals surface area contributed by atoms with Gasteiger partial charge in [-0.3, -0.25) is 4.40 Å². The van der Waals surface area contributed by atoms with Gasteiger partial charge in [0.05, 0.1) is 0 Å². The Balaban J connectivity index is 1.77. The Kier molecular flexibility index (Phi) is 5.01. The summed E-state index contributed by atoms with van der Waals surface area (Å²) < 4.78 is 2.04. The molecule has 0 aliphatic rings. The van der Waals surface area contributed by atoms with Crippen LogP contribution in [0.1, 0.15) is 26.2 Å². The van der Waals surface area contributed by atoms with Gasteiger partial charge in [-0.15, -0.1) is 10.2 Å². The minimum absolute atomic E-state index is 0.615. The monoisotopic (exact) mass is 264 g/mol. The van der Waals surface area contributed by atoms with Crippen molar-refractivity contribution in [2.24, 2.45) is 0 Å². The third kappa shape index (κ3) is 3.46. The van der Waals surface area contributed by atoms with Gasteiger partial charge in [-0.05, 0) is 38.9 Å². The molecule has 18 heavy (non-hydrogen) atoms. The molecule has 0 amide bonds. The zero-order chi connectivity index (χ0) is 12.8. The fraction of sp³-hybridized carbons (Fsp3) is 0.538. The first-order valence-corrected chi connectivity index (χ1v) is 7.39. The van der Waals surface area contributed by atoms with Gasteiger partial charge in [0.25, 0.3) is 0 Å². The van der Waals surface area contributed by atoms with E-state index in [1.54, 1.807) is 11.8 Å². The van der Waals surface area contributed by atoms with Crippen molar-refractivity contribution in [1.29, 1.82) is 0 Å². The van der Waals surface area contributed by atoms with E-state index in [-0.39, 0.29) is 0 Å². The molecule has 0 fully saturated rings. The van der Waals surface area contributed by atoms with Gasteiger partial charge in [0.15, 0.2) is 10.8 Å². The number of rotatable bonds is 7. The predicted molar refractivity (Wildman–Crippen MR) is 76.1 cm³/mol. The van der Waals surface area contributed by atoms with Gasteiger partial charge >= 0.3 is 0 Å². The average molecular weight is 264 g/mol. The van der Waals surface area contributed by atoms with Gasteiger partial charge in [0.1, 0.15) is 0 Å². The molecule has 1 unspecified atom stereocenters. The van der Waals surface area contributed by atoms with E-state index in [4.69, 9.17) is 0 Å². The van der Waals surface area contributed by atoms with Crippen LogP contribution in [0.25, 0.3) is 5.65 Å².